The van der Waals surface area contributed by atoms with E-state index >= 15 is 0 Å². The summed E-state index contributed by atoms with van der Waals surface area (Å²) in [6.45, 7) is 6.44. The van der Waals surface area contributed by atoms with Crippen molar-refractivity contribution in [2.24, 2.45) is 5.92 Å². The van der Waals surface area contributed by atoms with E-state index in [1.54, 1.807) is 20.8 Å². The van der Waals surface area contributed by atoms with Crippen molar-refractivity contribution in [2.45, 2.75) is 39.8 Å². The van der Waals surface area contributed by atoms with Crippen molar-refractivity contribution in [3.05, 3.63) is 0 Å². The summed E-state index contributed by atoms with van der Waals surface area (Å²) in [6, 6.07) is -2.09. The molecule has 0 saturated heterocycles. The lowest BCUT2D eigenvalue weighted by Crippen LogP contribution is -2.52. The van der Waals surface area contributed by atoms with Crippen LogP contribution in [0.3, 0.4) is 0 Å². The third-order valence-corrected chi connectivity index (χ3v) is 3.60. The van der Waals surface area contributed by atoms with Crippen LogP contribution in [0, 0.1) is 5.92 Å². The number of hydrogen-bond donors (Lipinski definition) is 2. The Labute approximate surface area is 119 Å². The summed E-state index contributed by atoms with van der Waals surface area (Å²) in [5.41, 5.74) is 0. The lowest BCUT2D eigenvalue weighted by molar-refractivity contribution is -0.144. The van der Waals surface area contributed by atoms with Gasteiger partial charge in [0.15, 0.2) is 0 Å². The Morgan fingerprint density at radius 2 is 1.65 bits per heavy atom. The second-order valence-corrected chi connectivity index (χ2v) is 5.94. The minimum Gasteiger partial charge on any atom is -0.468 e. The Kier molecular flexibility index (Phi) is 7.69. The van der Waals surface area contributed by atoms with E-state index < -0.39 is 34.2 Å². The SMILES string of the molecule is CCOC(=O)C(C)NS(=O)(=O)N[C@H](C(=O)OC)C(C)C. The molecule has 0 fully saturated rings. The molecule has 2 N–H and O–H groups in total. The normalized spacial score (nSPS) is 14.7. The molecule has 0 saturated carbocycles. The van der Waals surface area contributed by atoms with E-state index in [1.165, 1.54) is 14.0 Å². The van der Waals surface area contributed by atoms with E-state index in [9.17, 15) is 18.0 Å². The molecular formula is C11H22N2O6S. The zero-order chi connectivity index (χ0) is 15.9. The van der Waals surface area contributed by atoms with Gasteiger partial charge in [0.25, 0.3) is 10.2 Å². The van der Waals surface area contributed by atoms with Crippen LogP contribution in [0.4, 0.5) is 0 Å². The molecule has 2 atom stereocenters. The predicted octanol–water partition coefficient (Wildman–Crippen LogP) is -0.440. The number of nitrogens with one attached hydrogen (secondary N) is 2. The van der Waals surface area contributed by atoms with Crippen LogP contribution in [-0.2, 0) is 29.3 Å². The van der Waals surface area contributed by atoms with Crippen LogP contribution in [0.5, 0.6) is 0 Å². The van der Waals surface area contributed by atoms with Crippen LogP contribution in [0.1, 0.15) is 27.7 Å². The third kappa shape index (κ3) is 6.31. The average molecular weight is 310 g/mol. The van der Waals surface area contributed by atoms with Gasteiger partial charge >= 0.3 is 11.9 Å². The Bertz CT molecular complexity index is 434. The fourth-order valence-corrected chi connectivity index (χ4v) is 2.67. The maximum atomic E-state index is 11.8. The van der Waals surface area contributed by atoms with Crippen molar-refractivity contribution in [2.75, 3.05) is 13.7 Å². The molecule has 0 aromatic rings. The number of carbonyl (C=O) groups excluding carboxylic acids is 2. The van der Waals surface area contributed by atoms with Crippen LogP contribution < -0.4 is 9.44 Å². The molecule has 1 unspecified atom stereocenters. The zero-order valence-corrected chi connectivity index (χ0v) is 13.1. The summed E-state index contributed by atoms with van der Waals surface area (Å²) in [6.07, 6.45) is 0. The molecule has 8 nitrogen and oxygen atoms in total. The van der Waals surface area contributed by atoms with Gasteiger partial charge < -0.3 is 9.47 Å². The average Bonchev–Trinajstić information content (AvgIpc) is 2.34. The van der Waals surface area contributed by atoms with Crippen molar-refractivity contribution in [1.82, 2.24) is 9.44 Å². The molecule has 0 bridgehead atoms. The van der Waals surface area contributed by atoms with Crippen molar-refractivity contribution < 1.29 is 27.5 Å². The van der Waals surface area contributed by atoms with Crippen LogP contribution in [0.15, 0.2) is 0 Å². The van der Waals surface area contributed by atoms with E-state index in [0.29, 0.717) is 0 Å². The number of rotatable bonds is 8. The summed E-state index contributed by atoms with van der Waals surface area (Å²) in [7, 11) is -2.88. The summed E-state index contributed by atoms with van der Waals surface area (Å²) in [4.78, 5) is 22.8. The third-order valence-electron chi connectivity index (χ3n) is 2.38. The highest BCUT2D eigenvalue weighted by molar-refractivity contribution is 7.87. The van der Waals surface area contributed by atoms with Gasteiger partial charge in [-0.25, -0.2) is 0 Å². The number of carbonyl (C=O) groups is 2. The lowest BCUT2D eigenvalue weighted by atomic mass is 10.1. The van der Waals surface area contributed by atoms with Crippen molar-refractivity contribution >= 4 is 22.1 Å². The van der Waals surface area contributed by atoms with Gasteiger partial charge in [-0.15, -0.1) is 0 Å². The van der Waals surface area contributed by atoms with E-state index in [4.69, 9.17) is 0 Å². The highest BCUT2D eigenvalue weighted by atomic mass is 32.2. The van der Waals surface area contributed by atoms with E-state index in [1.807, 2.05) is 0 Å². The van der Waals surface area contributed by atoms with Crippen molar-refractivity contribution in [1.29, 1.82) is 0 Å². The Morgan fingerprint density at radius 1 is 1.10 bits per heavy atom. The quantitative estimate of drug-likeness (QED) is 0.588. The van der Waals surface area contributed by atoms with Gasteiger partial charge in [-0.1, -0.05) is 13.8 Å². The molecule has 0 aliphatic rings. The van der Waals surface area contributed by atoms with Gasteiger partial charge in [0.2, 0.25) is 0 Å². The highest BCUT2D eigenvalue weighted by Gasteiger charge is 2.30. The van der Waals surface area contributed by atoms with Crippen LogP contribution in [0.25, 0.3) is 0 Å². The first kappa shape index (κ1) is 18.8. The summed E-state index contributed by atoms with van der Waals surface area (Å²) < 4.78 is 37.1. The van der Waals surface area contributed by atoms with Gasteiger partial charge in [-0.2, -0.15) is 17.9 Å². The fraction of sp³-hybridized carbons (Fsp3) is 0.818. The second-order valence-electron chi connectivity index (χ2n) is 4.46. The molecule has 0 aliphatic heterocycles. The standard InChI is InChI=1S/C11H22N2O6S/c1-6-19-10(14)8(4)12-20(16,17)13-9(7(2)3)11(15)18-5/h7-9,12-13H,6H2,1-5H3/t8?,9-/m0/s1. The number of hydrogen-bond acceptors (Lipinski definition) is 6. The predicted molar refractivity (Wildman–Crippen MR) is 71.9 cm³/mol. The first-order valence-electron chi connectivity index (χ1n) is 6.18. The molecule has 9 heteroatoms. The first-order chi connectivity index (χ1) is 9.14. The maximum absolute atomic E-state index is 11.8. The van der Waals surface area contributed by atoms with Gasteiger partial charge in [0.05, 0.1) is 13.7 Å². The van der Waals surface area contributed by atoms with E-state index in [0.717, 1.165) is 0 Å². The summed E-state index contributed by atoms with van der Waals surface area (Å²) >= 11 is 0. The monoisotopic (exact) mass is 310 g/mol. The smallest absolute Gasteiger partial charge is 0.324 e. The largest absolute Gasteiger partial charge is 0.468 e. The topological polar surface area (TPSA) is 111 Å². The molecule has 118 valence electrons. The fourth-order valence-electron chi connectivity index (χ4n) is 1.33. The molecule has 0 aromatic carbocycles. The van der Waals surface area contributed by atoms with Gasteiger partial charge in [0.1, 0.15) is 12.1 Å². The highest BCUT2D eigenvalue weighted by Crippen LogP contribution is 2.05. The molecule has 0 heterocycles. The van der Waals surface area contributed by atoms with E-state index in [2.05, 4.69) is 18.9 Å². The van der Waals surface area contributed by atoms with Gasteiger partial charge in [0, 0.05) is 0 Å². The van der Waals surface area contributed by atoms with Crippen LogP contribution in [0.2, 0.25) is 0 Å². The Balaban J connectivity index is 4.80. The van der Waals surface area contributed by atoms with Crippen LogP contribution in [-0.4, -0.2) is 46.2 Å². The number of esters is 2. The van der Waals surface area contributed by atoms with Gasteiger partial charge in [-0.3, -0.25) is 9.59 Å². The number of ether oxygens (including phenoxy) is 2. The first-order valence-corrected chi connectivity index (χ1v) is 7.67. The molecule has 0 spiro atoms. The minimum atomic E-state index is -4.05. The van der Waals surface area contributed by atoms with Crippen LogP contribution >= 0.6 is 0 Å². The molecular weight excluding hydrogens is 288 g/mol. The number of methoxy groups -OCH3 is 1. The summed E-state index contributed by atoms with van der Waals surface area (Å²) in [5, 5.41) is 0. The maximum Gasteiger partial charge on any atom is 0.324 e. The Hall–Kier alpha value is -1.19. The minimum absolute atomic E-state index is 0.148. The molecule has 0 aromatic heterocycles. The molecule has 20 heavy (non-hydrogen) atoms. The zero-order valence-electron chi connectivity index (χ0n) is 12.3. The molecule has 0 aliphatic carbocycles. The van der Waals surface area contributed by atoms with Gasteiger partial charge in [-0.05, 0) is 19.8 Å². The summed E-state index contributed by atoms with van der Waals surface area (Å²) in [5.74, 6) is -1.71. The Morgan fingerprint density at radius 3 is 2.05 bits per heavy atom. The molecule has 0 rings (SSSR count). The second kappa shape index (κ2) is 8.18. The van der Waals surface area contributed by atoms with Crippen molar-refractivity contribution in [3.8, 4) is 0 Å². The lowest BCUT2D eigenvalue weighted by Gasteiger charge is -2.21. The molecule has 0 amide bonds. The van der Waals surface area contributed by atoms with Crippen molar-refractivity contribution in [3.63, 3.8) is 0 Å². The van der Waals surface area contributed by atoms with E-state index in [-0.39, 0.29) is 12.5 Å². The molecule has 0 radical (unpaired) electrons.